The molecule has 2 unspecified atom stereocenters. The average molecular weight is 511 g/mol. The first-order valence-corrected chi connectivity index (χ1v) is 11.5. The standard InChI is InChI=1S/C24H23F6N5O/c1-13(15-3-2-4-16(7-15)23(25,26)27)32-22-19-8-18(35-10-14-5-6-17(35)12-36-11-14)9-31-20(19)21(33-34-22)24(28,29)30/h2-4,7-9,13-14,17H,5-6,10-12H2,1H3,(H,32,34)/t13-,14?,17?/m1/s1. The monoisotopic (exact) mass is 511 g/mol. The molecule has 36 heavy (non-hydrogen) atoms. The van der Waals surface area contributed by atoms with Crippen molar-refractivity contribution < 1.29 is 31.1 Å². The Bertz CT molecular complexity index is 1260. The van der Waals surface area contributed by atoms with Crippen LogP contribution in [-0.4, -0.2) is 41.0 Å². The molecule has 2 bridgehead atoms. The molecule has 3 aliphatic rings. The van der Waals surface area contributed by atoms with Gasteiger partial charge in [0.05, 0.1) is 42.7 Å². The first-order chi connectivity index (χ1) is 17.0. The number of hydrogen-bond donors (Lipinski definition) is 1. The number of anilines is 2. The number of hydrogen-bond acceptors (Lipinski definition) is 6. The number of pyridine rings is 1. The molecule has 12 heteroatoms. The van der Waals surface area contributed by atoms with Crippen molar-refractivity contribution in [3.05, 3.63) is 53.3 Å². The summed E-state index contributed by atoms with van der Waals surface area (Å²) in [5.41, 5.74) is -1.48. The topological polar surface area (TPSA) is 63.2 Å². The molecule has 5 heterocycles. The molecule has 1 aromatic carbocycles. The van der Waals surface area contributed by atoms with Crippen molar-refractivity contribution >= 4 is 22.4 Å². The number of halogens is 6. The number of rotatable bonds is 4. The minimum Gasteiger partial charge on any atom is -0.379 e. The van der Waals surface area contributed by atoms with E-state index in [9.17, 15) is 26.3 Å². The summed E-state index contributed by atoms with van der Waals surface area (Å²) < 4.78 is 86.2. The number of alkyl halides is 6. The molecule has 3 saturated heterocycles. The van der Waals surface area contributed by atoms with E-state index in [0.717, 1.165) is 25.0 Å². The van der Waals surface area contributed by atoms with Crippen molar-refractivity contribution in [1.29, 1.82) is 0 Å². The molecule has 0 spiro atoms. The van der Waals surface area contributed by atoms with Crippen LogP contribution in [0.15, 0.2) is 36.5 Å². The van der Waals surface area contributed by atoms with Gasteiger partial charge in [-0.2, -0.15) is 26.3 Å². The van der Waals surface area contributed by atoms with Crippen molar-refractivity contribution in [2.24, 2.45) is 5.92 Å². The van der Waals surface area contributed by atoms with E-state index in [4.69, 9.17) is 4.74 Å². The van der Waals surface area contributed by atoms with E-state index < -0.39 is 29.7 Å². The lowest BCUT2D eigenvalue weighted by atomic mass is 9.94. The van der Waals surface area contributed by atoms with Crippen LogP contribution in [-0.2, 0) is 17.1 Å². The van der Waals surface area contributed by atoms with Crippen molar-refractivity contribution in [2.45, 2.75) is 44.2 Å². The maximum atomic E-state index is 13.7. The lowest BCUT2D eigenvalue weighted by molar-refractivity contribution is -0.140. The summed E-state index contributed by atoms with van der Waals surface area (Å²) >= 11 is 0. The Morgan fingerprint density at radius 2 is 1.83 bits per heavy atom. The van der Waals surface area contributed by atoms with E-state index in [1.165, 1.54) is 18.3 Å². The molecule has 0 aliphatic carbocycles. The van der Waals surface area contributed by atoms with Crippen LogP contribution in [0, 0.1) is 5.92 Å². The quantitative estimate of drug-likeness (QED) is 0.444. The van der Waals surface area contributed by atoms with Crippen molar-refractivity contribution in [3.63, 3.8) is 0 Å². The Labute approximate surface area is 202 Å². The van der Waals surface area contributed by atoms with Crippen molar-refractivity contribution in [2.75, 3.05) is 30.0 Å². The van der Waals surface area contributed by atoms with Crippen LogP contribution in [0.5, 0.6) is 0 Å². The number of nitrogens with one attached hydrogen (secondary N) is 1. The van der Waals surface area contributed by atoms with Gasteiger partial charge in [0.1, 0.15) is 5.52 Å². The molecular formula is C24H23F6N5O. The predicted molar refractivity (Wildman–Crippen MR) is 120 cm³/mol. The van der Waals surface area contributed by atoms with Gasteiger partial charge in [0, 0.05) is 11.9 Å². The van der Waals surface area contributed by atoms with Gasteiger partial charge in [0.2, 0.25) is 0 Å². The zero-order chi connectivity index (χ0) is 25.7. The molecule has 2 aromatic heterocycles. The maximum Gasteiger partial charge on any atom is 0.437 e. The van der Waals surface area contributed by atoms with Gasteiger partial charge in [0.25, 0.3) is 0 Å². The minimum atomic E-state index is -4.78. The number of benzene rings is 1. The van der Waals surface area contributed by atoms with Gasteiger partial charge in [-0.05, 0) is 49.4 Å². The zero-order valence-corrected chi connectivity index (χ0v) is 19.2. The largest absolute Gasteiger partial charge is 0.437 e. The summed E-state index contributed by atoms with van der Waals surface area (Å²) in [6, 6.07) is 5.71. The molecular weight excluding hydrogens is 488 g/mol. The SMILES string of the molecule is C[C@@H](Nc1nnc(C(F)(F)F)c2ncc(N3CC4CCC3COC4)cc12)c1cccc(C(F)(F)F)c1. The maximum absolute atomic E-state index is 13.7. The van der Waals surface area contributed by atoms with Crippen molar-refractivity contribution in [1.82, 2.24) is 15.2 Å². The van der Waals surface area contributed by atoms with Gasteiger partial charge in [-0.15, -0.1) is 10.2 Å². The van der Waals surface area contributed by atoms with Crippen LogP contribution >= 0.6 is 0 Å². The summed E-state index contributed by atoms with van der Waals surface area (Å²) in [7, 11) is 0. The number of ether oxygens (including phenoxy) is 1. The second-order valence-corrected chi connectivity index (χ2v) is 9.26. The number of fused-ring (bicyclic) bond motifs is 5. The van der Waals surface area contributed by atoms with Gasteiger partial charge in [-0.3, -0.25) is 4.98 Å². The predicted octanol–water partition coefficient (Wildman–Crippen LogP) is 5.85. The third-order valence-electron chi connectivity index (χ3n) is 6.74. The van der Waals surface area contributed by atoms with Crippen molar-refractivity contribution in [3.8, 4) is 0 Å². The van der Waals surface area contributed by atoms with Gasteiger partial charge in [-0.1, -0.05) is 12.1 Å². The molecule has 1 N–H and O–H groups in total. The first-order valence-electron chi connectivity index (χ1n) is 11.5. The molecule has 3 fully saturated rings. The number of nitrogens with zero attached hydrogens (tertiary/aromatic N) is 4. The Morgan fingerprint density at radius 1 is 1.03 bits per heavy atom. The molecule has 0 saturated carbocycles. The molecule has 6 rings (SSSR count). The second kappa shape index (κ2) is 9.06. The van der Waals surface area contributed by atoms with Crippen LogP contribution in [0.2, 0.25) is 0 Å². The van der Waals surface area contributed by atoms with Gasteiger partial charge in [0.15, 0.2) is 11.5 Å². The molecule has 3 atom stereocenters. The fraction of sp³-hybridized carbons (Fsp3) is 0.458. The highest BCUT2D eigenvalue weighted by Crippen LogP contribution is 2.38. The highest BCUT2D eigenvalue weighted by molar-refractivity contribution is 5.92. The Kier molecular flexibility index (Phi) is 6.17. The normalized spacial score (nSPS) is 21.5. The number of piperidine rings is 1. The average Bonchev–Trinajstić information content (AvgIpc) is 3.19. The third-order valence-corrected chi connectivity index (χ3v) is 6.74. The van der Waals surface area contributed by atoms with Crippen LogP contribution in [0.25, 0.3) is 10.9 Å². The molecule has 192 valence electrons. The highest BCUT2D eigenvalue weighted by atomic mass is 19.4. The Morgan fingerprint density at radius 3 is 2.58 bits per heavy atom. The van der Waals surface area contributed by atoms with E-state index >= 15 is 0 Å². The summed E-state index contributed by atoms with van der Waals surface area (Å²) in [5, 5.41) is 10.2. The van der Waals surface area contributed by atoms with Crippen LogP contribution < -0.4 is 10.2 Å². The molecule has 0 radical (unpaired) electrons. The van der Waals surface area contributed by atoms with Gasteiger partial charge >= 0.3 is 12.4 Å². The summed E-state index contributed by atoms with van der Waals surface area (Å²) in [5.74, 6) is 0.327. The first kappa shape index (κ1) is 24.5. The van der Waals surface area contributed by atoms with Crippen LogP contribution in [0.3, 0.4) is 0 Å². The zero-order valence-electron chi connectivity index (χ0n) is 19.2. The third kappa shape index (κ3) is 4.78. The fourth-order valence-corrected chi connectivity index (χ4v) is 4.85. The van der Waals surface area contributed by atoms with E-state index in [-0.39, 0.29) is 22.8 Å². The van der Waals surface area contributed by atoms with E-state index in [0.29, 0.717) is 36.9 Å². The van der Waals surface area contributed by atoms with Crippen LogP contribution in [0.1, 0.15) is 42.6 Å². The van der Waals surface area contributed by atoms with Gasteiger partial charge in [-0.25, -0.2) is 0 Å². The lowest BCUT2D eigenvalue weighted by Gasteiger charge is -2.37. The van der Waals surface area contributed by atoms with E-state index in [1.54, 1.807) is 13.0 Å². The summed E-state index contributed by atoms with van der Waals surface area (Å²) in [6.07, 6.45) is -5.97. The van der Waals surface area contributed by atoms with Crippen LogP contribution in [0.4, 0.5) is 37.8 Å². The minimum absolute atomic E-state index is 0.00786. The summed E-state index contributed by atoms with van der Waals surface area (Å²) in [6.45, 7) is 3.46. The van der Waals surface area contributed by atoms with E-state index in [1.807, 2.05) is 0 Å². The Hall–Kier alpha value is -3.15. The smallest absolute Gasteiger partial charge is 0.379 e. The van der Waals surface area contributed by atoms with Gasteiger partial charge < -0.3 is 15.0 Å². The van der Waals surface area contributed by atoms with E-state index in [2.05, 4.69) is 25.4 Å². The Balaban J connectivity index is 1.55. The molecule has 3 aromatic rings. The number of aromatic nitrogens is 3. The summed E-state index contributed by atoms with van der Waals surface area (Å²) in [4.78, 5) is 6.23. The fourth-order valence-electron chi connectivity index (χ4n) is 4.85. The second-order valence-electron chi connectivity index (χ2n) is 9.26. The lowest BCUT2D eigenvalue weighted by Crippen LogP contribution is -2.43. The molecule has 3 aliphatic heterocycles. The molecule has 6 nitrogen and oxygen atoms in total. The molecule has 0 amide bonds. The highest BCUT2D eigenvalue weighted by Gasteiger charge is 2.38.